The molecule has 4 heteroatoms. The van der Waals surface area contributed by atoms with Gasteiger partial charge in [0, 0.05) is 53.8 Å². The van der Waals surface area contributed by atoms with E-state index in [0.29, 0.717) is 0 Å². The van der Waals surface area contributed by atoms with Crippen molar-refractivity contribution in [3.63, 3.8) is 0 Å². The zero-order chi connectivity index (χ0) is 41.4. The molecule has 13 aromatic rings. The average Bonchev–Trinajstić information content (AvgIpc) is 4.01. The van der Waals surface area contributed by atoms with Crippen molar-refractivity contribution in [3.05, 3.63) is 224 Å². The van der Waals surface area contributed by atoms with Gasteiger partial charge in [0.2, 0.25) is 0 Å². The molecule has 63 heavy (non-hydrogen) atoms. The van der Waals surface area contributed by atoms with Gasteiger partial charge >= 0.3 is 0 Å². The van der Waals surface area contributed by atoms with E-state index in [1.165, 1.54) is 80.6 Å². The molecule has 9 aromatic carbocycles. The highest BCUT2D eigenvalue weighted by atomic mass is 32.1. The van der Waals surface area contributed by atoms with Gasteiger partial charge in [0.1, 0.15) is 0 Å². The maximum atomic E-state index is 5.28. The normalized spacial score (nSPS) is 11.8. The zero-order valence-electron chi connectivity index (χ0n) is 34.1. The molecule has 0 N–H and O–H groups in total. The van der Waals surface area contributed by atoms with E-state index in [4.69, 9.17) is 4.98 Å². The Morgan fingerprint density at radius 1 is 0.302 bits per heavy atom. The molecular weight excluding hydrogens is 783 g/mol. The predicted octanol–water partition coefficient (Wildman–Crippen LogP) is 16.3. The molecule has 0 aliphatic heterocycles. The average molecular weight is 820 g/mol. The second kappa shape index (κ2) is 14.3. The number of hydrogen-bond donors (Lipinski definition) is 0. The van der Waals surface area contributed by atoms with Crippen LogP contribution < -0.4 is 0 Å². The van der Waals surface area contributed by atoms with Crippen LogP contribution >= 0.6 is 11.3 Å². The van der Waals surface area contributed by atoms with Crippen LogP contribution in [0.4, 0.5) is 0 Å². The summed E-state index contributed by atoms with van der Waals surface area (Å²) in [6, 6.07) is 81.4. The van der Waals surface area contributed by atoms with Crippen LogP contribution in [-0.4, -0.2) is 14.1 Å². The second-order valence-electron chi connectivity index (χ2n) is 16.3. The minimum Gasteiger partial charge on any atom is -0.309 e. The molecule has 0 aliphatic rings. The lowest BCUT2D eigenvalue weighted by atomic mass is 9.97. The number of nitrogens with zero attached hydrogens (tertiary/aromatic N) is 3. The monoisotopic (exact) mass is 819 g/mol. The number of pyridine rings is 1. The first-order valence-electron chi connectivity index (χ1n) is 21.4. The van der Waals surface area contributed by atoms with Crippen molar-refractivity contribution >= 4 is 75.1 Å². The molecule has 4 heterocycles. The number of benzene rings is 9. The Labute approximate surface area is 368 Å². The summed E-state index contributed by atoms with van der Waals surface area (Å²) in [7, 11) is 0. The summed E-state index contributed by atoms with van der Waals surface area (Å²) in [5, 5.41) is 7.59. The molecule has 13 rings (SSSR count). The van der Waals surface area contributed by atoms with Gasteiger partial charge in [-0.3, -0.25) is 0 Å². The first kappa shape index (κ1) is 35.7. The van der Waals surface area contributed by atoms with Gasteiger partial charge in [0.05, 0.1) is 43.8 Å². The topological polar surface area (TPSA) is 22.8 Å². The summed E-state index contributed by atoms with van der Waals surface area (Å²) in [4.78, 5) is 5.28. The molecule has 0 amide bonds. The fourth-order valence-electron chi connectivity index (χ4n) is 9.75. The van der Waals surface area contributed by atoms with Crippen LogP contribution in [0.5, 0.6) is 0 Å². The van der Waals surface area contributed by atoms with Gasteiger partial charge in [0.15, 0.2) is 0 Å². The summed E-state index contributed by atoms with van der Waals surface area (Å²) in [5.41, 5.74) is 15.8. The van der Waals surface area contributed by atoms with E-state index in [2.05, 4.69) is 234 Å². The van der Waals surface area contributed by atoms with Crippen LogP contribution in [0.3, 0.4) is 0 Å². The number of hydrogen-bond acceptors (Lipinski definition) is 2. The molecule has 3 nitrogen and oxygen atoms in total. The van der Waals surface area contributed by atoms with Crippen LogP contribution in [0, 0.1) is 0 Å². The number of rotatable bonds is 6. The van der Waals surface area contributed by atoms with Crippen LogP contribution in [0.1, 0.15) is 0 Å². The Morgan fingerprint density at radius 3 is 1.48 bits per heavy atom. The highest BCUT2D eigenvalue weighted by Crippen LogP contribution is 2.43. The van der Waals surface area contributed by atoms with Crippen molar-refractivity contribution in [3.8, 4) is 56.1 Å². The van der Waals surface area contributed by atoms with Gasteiger partial charge in [-0.1, -0.05) is 164 Å². The van der Waals surface area contributed by atoms with Gasteiger partial charge in [-0.25, -0.2) is 4.98 Å². The predicted molar refractivity (Wildman–Crippen MR) is 268 cm³/mol. The van der Waals surface area contributed by atoms with E-state index in [0.717, 1.165) is 39.3 Å². The molecule has 0 bridgehead atoms. The third-order valence-electron chi connectivity index (χ3n) is 12.7. The Balaban J connectivity index is 0.973. The quantitative estimate of drug-likeness (QED) is 0.164. The van der Waals surface area contributed by atoms with Crippen molar-refractivity contribution in [2.75, 3.05) is 0 Å². The Morgan fingerprint density at radius 2 is 0.794 bits per heavy atom. The molecule has 0 atom stereocenters. The zero-order valence-corrected chi connectivity index (χ0v) is 34.9. The maximum absolute atomic E-state index is 5.28. The second-order valence-corrected chi connectivity index (χ2v) is 17.4. The summed E-state index contributed by atoms with van der Waals surface area (Å²) in [6.07, 6.45) is 0. The molecular formula is C59H37N3S. The molecule has 0 spiro atoms. The summed E-state index contributed by atoms with van der Waals surface area (Å²) >= 11 is 1.88. The third kappa shape index (κ3) is 5.76. The largest absolute Gasteiger partial charge is 0.309 e. The highest BCUT2D eigenvalue weighted by Gasteiger charge is 2.20. The molecule has 0 saturated heterocycles. The summed E-state index contributed by atoms with van der Waals surface area (Å²) in [5.74, 6) is 0. The van der Waals surface area contributed by atoms with E-state index in [1.54, 1.807) is 0 Å². The molecule has 0 unspecified atom stereocenters. The molecule has 294 valence electrons. The van der Waals surface area contributed by atoms with Crippen LogP contribution in [0.25, 0.3) is 120 Å². The van der Waals surface area contributed by atoms with Gasteiger partial charge in [0.25, 0.3) is 0 Å². The van der Waals surface area contributed by atoms with Crippen molar-refractivity contribution < 1.29 is 0 Å². The lowest BCUT2D eigenvalue weighted by Gasteiger charge is -2.13. The van der Waals surface area contributed by atoms with Crippen LogP contribution in [-0.2, 0) is 0 Å². The van der Waals surface area contributed by atoms with Crippen molar-refractivity contribution in [1.29, 1.82) is 0 Å². The number of aromatic nitrogens is 3. The third-order valence-corrected chi connectivity index (χ3v) is 13.9. The van der Waals surface area contributed by atoms with E-state index >= 15 is 0 Å². The van der Waals surface area contributed by atoms with Crippen molar-refractivity contribution in [1.82, 2.24) is 14.1 Å². The maximum Gasteiger partial charge on any atom is 0.0715 e. The number of para-hydroxylation sites is 2. The van der Waals surface area contributed by atoms with E-state index in [1.807, 2.05) is 11.3 Å². The van der Waals surface area contributed by atoms with E-state index < -0.39 is 0 Å². The first-order chi connectivity index (χ1) is 31.2. The highest BCUT2D eigenvalue weighted by molar-refractivity contribution is 7.26. The number of fused-ring (bicyclic) bond motifs is 9. The lowest BCUT2D eigenvalue weighted by Crippen LogP contribution is -1.96. The van der Waals surface area contributed by atoms with Gasteiger partial charge in [-0.15, -0.1) is 11.3 Å². The minimum atomic E-state index is 0.939. The lowest BCUT2D eigenvalue weighted by molar-refractivity contribution is 1.17. The van der Waals surface area contributed by atoms with Gasteiger partial charge in [-0.05, 0) is 82.9 Å². The molecule has 0 saturated carbocycles. The van der Waals surface area contributed by atoms with Crippen molar-refractivity contribution in [2.45, 2.75) is 0 Å². The first-order valence-corrected chi connectivity index (χ1v) is 22.3. The molecule has 0 fully saturated rings. The molecule has 0 radical (unpaired) electrons. The van der Waals surface area contributed by atoms with E-state index in [-0.39, 0.29) is 0 Å². The SMILES string of the molecule is c1ccc(-c2ccc(-c3cc(-c4ccccc4)nc(-c4ccc(-n5c6ccccc6c6cc7c8ccccc8n(-c8cccc9c8sc8ccccc89)c7cc65)cc4)c3)cc2)cc1. The smallest absolute Gasteiger partial charge is 0.0715 e. The minimum absolute atomic E-state index is 0.939. The molecule has 4 aromatic heterocycles. The fourth-order valence-corrected chi connectivity index (χ4v) is 11.0. The Hall–Kier alpha value is -8.05. The number of thiophene rings is 1. The standard InChI is InChI=1S/C59H37N3S/c1-3-14-38(15-4-1)39-26-28-40(29-27-39)43-34-51(41-16-5-2-6-17-41)60-52(35-43)42-30-32-44(33-31-42)61-53-22-10-7-18-45(53)49-36-50-46-19-8-11-23-54(46)62(57(50)37-56(49)61)55-24-13-21-48-47-20-9-12-25-58(47)63-59(48)55/h1-37H. The van der Waals surface area contributed by atoms with Crippen LogP contribution in [0.15, 0.2) is 224 Å². The van der Waals surface area contributed by atoms with E-state index in [9.17, 15) is 0 Å². The van der Waals surface area contributed by atoms with Gasteiger partial charge < -0.3 is 9.13 Å². The molecule has 0 aliphatic carbocycles. The summed E-state index contributed by atoms with van der Waals surface area (Å²) in [6.45, 7) is 0. The summed E-state index contributed by atoms with van der Waals surface area (Å²) < 4.78 is 7.53. The van der Waals surface area contributed by atoms with Crippen molar-refractivity contribution in [2.24, 2.45) is 0 Å². The Bertz CT molecular complexity index is 3870. The fraction of sp³-hybridized carbons (Fsp3) is 0. The van der Waals surface area contributed by atoms with Gasteiger partial charge in [-0.2, -0.15) is 0 Å². The Kier molecular flexibility index (Phi) is 8.08. The van der Waals surface area contributed by atoms with Crippen LogP contribution in [0.2, 0.25) is 0 Å².